The fraction of sp³-hybridized carbons (Fsp3) is 0.214. The number of benzene rings is 1. The average molecular weight is 325 g/mol. The molecule has 1 aromatic carbocycles. The summed E-state index contributed by atoms with van der Waals surface area (Å²) in [5, 5.41) is 0. The third kappa shape index (κ3) is 3.75. The molecule has 0 spiro atoms. The van der Waals surface area contributed by atoms with Crippen molar-refractivity contribution in [3.63, 3.8) is 0 Å². The van der Waals surface area contributed by atoms with Crippen molar-refractivity contribution >= 4 is 15.9 Å². The lowest BCUT2D eigenvalue weighted by atomic mass is 10.1. The molecule has 0 saturated carbocycles. The minimum atomic E-state index is -0.372. The van der Waals surface area contributed by atoms with Gasteiger partial charge in [0.2, 0.25) is 0 Å². The van der Waals surface area contributed by atoms with E-state index >= 15 is 0 Å². The molecule has 2 N–H and O–H groups in total. The standard InChI is InChI=1S/C14H14BrFN2O/c1-9(17)13-3-2-11(15)5-14(13)19-8-10-4-12(16)7-18-6-10/h2-7,9H,8,17H2,1H3. The van der Waals surface area contributed by atoms with Gasteiger partial charge in [0, 0.05) is 27.8 Å². The second-order valence-electron chi connectivity index (χ2n) is 4.27. The third-order valence-electron chi connectivity index (χ3n) is 2.62. The van der Waals surface area contributed by atoms with Gasteiger partial charge in [-0.05, 0) is 25.1 Å². The fourth-order valence-electron chi connectivity index (χ4n) is 1.71. The molecule has 1 unspecified atom stereocenters. The normalized spacial score (nSPS) is 12.2. The molecule has 0 fully saturated rings. The highest BCUT2D eigenvalue weighted by Gasteiger charge is 2.09. The van der Waals surface area contributed by atoms with E-state index in [0.717, 1.165) is 16.2 Å². The molecule has 1 heterocycles. The molecular formula is C14H14BrFN2O. The smallest absolute Gasteiger partial charge is 0.141 e. The highest BCUT2D eigenvalue weighted by atomic mass is 79.9. The van der Waals surface area contributed by atoms with Gasteiger partial charge in [0.15, 0.2) is 0 Å². The summed E-state index contributed by atoms with van der Waals surface area (Å²) < 4.78 is 19.6. The summed E-state index contributed by atoms with van der Waals surface area (Å²) in [5.41, 5.74) is 7.48. The van der Waals surface area contributed by atoms with E-state index in [2.05, 4.69) is 20.9 Å². The lowest BCUT2D eigenvalue weighted by molar-refractivity contribution is 0.300. The van der Waals surface area contributed by atoms with Gasteiger partial charge in [-0.15, -0.1) is 0 Å². The number of nitrogens with zero attached hydrogens (tertiary/aromatic N) is 1. The number of nitrogens with two attached hydrogens (primary N) is 1. The second-order valence-corrected chi connectivity index (χ2v) is 5.19. The van der Waals surface area contributed by atoms with E-state index < -0.39 is 0 Å². The van der Waals surface area contributed by atoms with Gasteiger partial charge in [-0.1, -0.05) is 22.0 Å². The zero-order valence-electron chi connectivity index (χ0n) is 10.4. The number of aromatic nitrogens is 1. The summed E-state index contributed by atoms with van der Waals surface area (Å²) >= 11 is 3.39. The summed E-state index contributed by atoms with van der Waals surface area (Å²) in [7, 11) is 0. The molecule has 1 aromatic heterocycles. The third-order valence-corrected chi connectivity index (χ3v) is 3.12. The second kappa shape index (κ2) is 6.12. The molecule has 0 bridgehead atoms. The van der Waals surface area contributed by atoms with E-state index in [1.54, 1.807) is 6.20 Å². The Morgan fingerprint density at radius 3 is 2.84 bits per heavy atom. The van der Waals surface area contributed by atoms with Crippen molar-refractivity contribution in [1.29, 1.82) is 0 Å². The summed E-state index contributed by atoms with van der Waals surface area (Å²) in [6, 6.07) is 6.94. The molecule has 0 aliphatic carbocycles. The fourth-order valence-corrected chi connectivity index (χ4v) is 2.05. The van der Waals surface area contributed by atoms with Crippen molar-refractivity contribution in [1.82, 2.24) is 4.98 Å². The molecule has 0 radical (unpaired) electrons. The molecule has 19 heavy (non-hydrogen) atoms. The van der Waals surface area contributed by atoms with Gasteiger partial charge < -0.3 is 10.5 Å². The first-order chi connectivity index (χ1) is 9.06. The lowest BCUT2D eigenvalue weighted by Crippen LogP contribution is -2.08. The van der Waals surface area contributed by atoms with Crippen molar-refractivity contribution in [2.45, 2.75) is 19.6 Å². The van der Waals surface area contributed by atoms with Gasteiger partial charge in [0.1, 0.15) is 18.2 Å². The van der Waals surface area contributed by atoms with Crippen LogP contribution in [0.15, 0.2) is 41.1 Å². The molecule has 3 nitrogen and oxygen atoms in total. The van der Waals surface area contributed by atoms with Crippen LogP contribution in [0.5, 0.6) is 5.75 Å². The highest BCUT2D eigenvalue weighted by molar-refractivity contribution is 9.10. The summed E-state index contributed by atoms with van der Waals surface area (Å²) in [4.78, 5) is 3.78. The van der Waals surface area contributed by atoms with E-state index in [1.165, 1.54) is 6.07 Å². The summed E-state index contributed by atoms with van der Waals surface area (Å²) in [5.74, 6) is 0.316. The topological polar surface area (TPSA) is 48.1 Å². The average Bonchev–Trinajstić information content (AvgIpc) is 2.36. The molecule has 0 aliphatic rings. The van der Waals surface area contributed by atoms with Crippen molar-refractivity contribution in [2.75, 3.05) is 0 Å². The quantitative estimate of drug-likeness (QED) is 0.935. The summed E-state index contributed by atoms with van der Waals surface area (Å²) in [6.45, 7) is 2.14. The first kappa shape index (κ1) is 14.0. The number of hydrogen-bond donors (Lipinski definition) is 1. The SMILES string of the molecule is CC(N)c1ccc(Br)cc1OCc1cncc(F)c1. The Morgan fingerprint density at radius 1 is 1.37 bits per heavy atom. The molecule has 0 amide bonds. The number of hydrogen-bond acceptors (Lipinski definition) is 3. The first-order valence-corrected chi connectivity index (χ1v) is 6.63. The van der Waals surface area contributed by atoms with Gasteiger partial charge in [-0.25, -0.2) is 4.39 Å². The van der Waals surface area contributed by atoms with E-state index in [0.29, 0.717) is 11.3 Å². The Balaban J connectivity index is 2.17. The molecule has 2 rings (SSSR count). The van der Waals surface area contributed by atoms with Gasteiger partial charge in [-0.2, -0.15) is 0 Å². The van der Waals surface area contributed by atoms with Crippen LogP contribution in [0.25, 0.3) is 0 Å². The van der Waals surface area contributed by atoms with E-state index in [-0.39, 0.29) is 18.5 Å². The number of rotatable bonds is 4. The highest BCUT2D eigenvalue weighted by Crippen LogP contribution is 2.28. The molecule has 2 aromatic rings. The maximum absolute atomic E-state index is 13.0. The maximum Gasteiger partial charge on any atom is 0.141 e. The van der Waals surface area contributed by atoms with Gasteiger partial charge in [-0.3, -0.25) is 4.98 Å². The summed E-state index contributed by atoms with van der Waals surface area (Å²) in [6.07, 6.45) is 2.74. The van der Waals surface area contributed by atoms with Crippen LogP contribution in [-0.4, -0.2) is 4.98 Å². The molecule has 5 heteroatoms. The Morgan fingerprint density at radius 2 is 2.16 bits per heavy atom. The van der Waals surface area contributed by atoms with Crippen LogP contribution in [0.3, 0.4) is 0 Å². The van der Waals surface area contributed by atoms with Crippen LogP contribution < -0.4 is 10.5 Å². The number of ether oxygens (including phenoxy) is 1. The Kier molecular flexibility index (Phi) is 4.50. The number of halogens is 2. The van der Waals surface area contributed by atoms with Crippen LogP contribution in [0.4, 0.5) is 4.39 Å². The van der Waals surface area contributed by atoms with E-state index in [9.17, 15) is 4.39 Å². The van der Waals surface area contributed by atoms with E-state index in [4.69, 9.17) is 10.5 Å². The van der Waals surface area contributed by atoms with Gasteiger partial charge in [0.05, 0.1) is 6.20 Å². The maximum atomic E-state index is 13.0. The van der Waals surface area contributed by atoms with Crippen molar-refractivity contribution in [3.8, 4) is 5.75 Å². The molecular weight excluding hydrogens is 311 g/mol. The molecule has 100 valence electrons. The van der Waals surface area contributed by atoms with Gasteiger partial charge in [0.25, 0.3) is 0 Å². The first-order valence-electron chi connectivity index (χ1n) is 5.83. The minimum Gasteiger partial charge on any atom is -0.488 e. The zero-order valence-corrected chi connectivity index (χ0v) is 12.0. The Hall–Kier alpha value is -1.46. The molecule has 0 aliphatic heterocycles. The van der Waals surface area contributed by atoms with Crippen LogP contribution in [0.2, 0.25) is 0 Å². The van der Waals surface area contributed by atoms with Crippen molar-refractivity contribution < 1.29 is 9.13 Å². The lowest BCUT2D eigenvalue weighted by Gasteiger charge is -2.14. The molecule has 0 saturated heterocycles. The number of pyridine rings is 1. The monoisotopic (exact) mass is 324 g/mol. The van der Waals surface area contributed by atoms with Crippen LogP contribution in [0, 0.1) is 5.82 Å². The van der Waals surface area contributed by atoms with E-state index in [1.807, 2.05) is 25.1 Å². The zero-order chi connectivity index (χ0) is 13.8. The van der Waals surface area contributed by atoms with Crippen LogP contribution >= 0.6 is 15.9 Å². The van der Waals surface area contributed by atoms with Crippen molar-refractivity contribution in [3.05, 3.63) is 58.1 Å². The Labute approximate surface area is 119 Å². The predicted octanol–water partition coefficient (Wildman–Crippen LogP) is 3.58. The molecule has 1 atom stereocenters. The predicted molar refractivity (Wildman–Crippen MR) is 75.3 cm³/mol. The Bertz CT molecular complexity index is 575. The van der Waals surface area contributed by atoms with Crippen LogP contribution in [-0.2, 0) is 6.61 Å². The van der Waals surface area contributed by atoms with Crippen LogP contribution in [0.1, 0.15) is 24.1 Å². The largest absolute Gasteiger partial charge is 0.488 e. The minimum absolute atomic E-state index is 0.131. The van der Waals surface area contributed by atoms with Crippen molar-refractivity contribution in [2.24, 2.45) is 5.73 Å². The van der Waals surface area contributed by atoms with Gasteiger partial charge >= 0.3 is 0 Å².